The van der Waals surface area contributed by atoms with E-state index in [0.717, 1.165) is 4.88 Å². The lowest BCUT2D eigenvalue weighted by molar-refractivity contribution is -0.0489. The zero-order valence-electron chi connectivity index (χ0n) is 9.78. The maximum absolute atomic E-state index is 13.1. The highest BCUT2D eigenvalue weighted by Gasteiger charge is 2.30. The van der Waals surface area contributed by atoms with E-state index in [4.69, 9.17) is 21.1 Å². The van der Waals surface area contributed by atoms with Crippen LogP contribution in [0.5, 0.6) is 0 Å². The third kappa shape index (κ3) is 3.76. The highest BCUT2D eigenvalue weighted by atomic mass is 35.5. The molecule has 104 valence electrons. The van der Waals surface area contributed by atoms with Crippen molar-refractivity contribution in [1.82, 2.24) is 5.32 Å². The fourth-order valence-electron chi connectivity index (χ4n) is 1.59. The van der Waals surface area contributed by atoms with Gasteiger partial charge in [0.05, 0.1) is 17.1 Å². The topological polar surface area (TPSA) is 45.4 Å². The second-order valence-corrected chi connectivity index (χ2v) is 5.73. The van der Waals surface area contributed by atoms with Crippen molar-refractivity contribution < 1.29 is 18.3 Å². The van der Waals surface area contributed by atoms with Gasteiger partial charge in [0.1, 0.15) is 18.4 Å². The van der Waals surface area contributed by atoms with Crippen LogP contribution in [0.25, 0.3) is 0 Å². The summed E-state index contributed by atoms with van der Waals surface area (Å²) in [6.07, 6.45) is 1.48. The van der Waals surface area contributed by atoms with Crippen LogP contribution in [0.4, 0.5) is 8.78 Å². The molecule has 0 radical (unpaired) electrons. The summed E-state index contributed by atoms with van der Waals surface area (Å²) in [4.78, 5) is 0.772. The van der Waals surface area contributed by atoms with Gasteiger partial charge in [-0.3, -0.25) is 5.32 Å². The monoisotopic (exact) mass is 307 g/mol. The van der Waals surface area contributed by atoms with Gasteiger partial charge in [0.2, 0.25) is 0 Å². The number of hydrogen-bond donors (Lipinski definition) is 2. The Bertz CT molecular complexity index is 516. The van der Waals surface area contributed by atoms with Gasteiger partial charge < -0.3 is 9.52 Å². The van der Waals surface area contributed by atoms with Gasteiger partial charge in [-0.25, -0.2) is 8.78 Å². The number of thiophene rings is 1. The minimum absolute atomic E-state index is 0.509. The summed E-state index contributed by atoms with van der Waals surface area (Å²) in [5, 5.41) is 11.3. The summed E-state index contributed by atoms with van der Waals surface area (Å²) < 4.78 is 32.0. The molecule has 2 N–H and O–H groups in total. The lowest BCUT2D eigenvalue weighted by Crippen LogP contribution is -2.37. The SMILES string of the molecule is OCC(F)(F)CNC(c1ccco1)c1ccc(Cl)s1. The minimum atomic E-state index is -3.17. The Morgan fingerprint density at radius 1 is 1.42 bits per heavy atom. The van der Waals surface area contributed by atoms with Crippen molar-refractivity contribution in [2.75, 3.05) is 13.2 Å². The number of nitrogens with one attached hydrogen (secondary N) is 1. The second kappa shape index (κ2) is 6.00. The van der Waals surface area contributed by atoms with Gasteiger partial charge in [0.25, 0.3) is 5.92 Å². The molecule has 0 aliphatic heterocycles. The molecule has 1 atom stereocenters. The molecule has 0 amide bonds. The first-order valence-corrected chi connectivity index (χ1v) is 6.72. The number of hydrogen-bond acceptors (Lipinski definition) is 4. The Morgan fingerprint density at radius 3 is 2.74 bits per heavy atom. The lowest BCUT2D eigenvalue weighted by Gasteiger charge is -2.19. The van der Waals surface area contributed by atoms with Crippen LogP contribution in [0.3, 0.4) is 0 Å². The molecule has 2 aromatic rings. The third-order valence-electron chi connectivity index (χ3n) is 2.50. The van der Waals surface area contributed by atoms with E-state index in [1.165, 1.54) is 17.6 Å². The Hall–Kier alpha value is -0.950. The first-order chi connectivity index (χ1) is 9.02. The highest BCUT2D eigenvalue weighted by molar-refractivity contribution is 7.16. The van der Waals surface area contributed by atoms with Gasteiger partial charge in [-0.05, 0) is 24.3 Å². The first-order valence-electron chi connectivity index (χ1n) is 5.52. The molecular weight excluding hydrogens is 296 g/mol. The zero-order chi connectivity index (χ0) is 13.9. The second-order valence-electron chi connectivity index (χ2n) is 3.99. The van der Waals surface area contributed by atoms with E-state index >= 15 is 0 Å². The average Bonchev–Trinajstić information content (AvgIpc) is 3.02. The number of aliphatic hydroxyl groups excluding tert-OH is 1. The van der Waals surface area contributed by atoms with Crippen LogP contribution in [-0.2, 0) is 0 Å². The molecule has 2 rings (SSSR count). The molecule has 1 unspecified atom stereocenters. The first kappa shape index (κ1) is 14.5. The Kier molecular flexibility index (Phi) is 4.57. The third-order valence-corrected chi connectivity index (χ3v) is 3.80. The largest absolute Gasteiger partial charge is 0.467 e. The van der Waals surface area contributed by atoms with E-state index in [-0.39, 0.29) is 0 Å². The number of aliphatic hydroxyl groups is 1. The number of alkyl halides is 2. The summed E-state index contributed by atoms with van der Waals surface area (Å²) >= 11 is 7.14. The van der Waals surface area contributed by atoms with Crippen LogP contribution < -0.4 is 5.32 Å². The van der Waals surface area contributed by atoms with Crippen LogP contribution in [-0.4, -0.2) is 24.2 Å². The molecule has 7 heteroatoms. The zero-order valence-corrected chi connectivity index (χ0v) is 11.3. The molecule has 0 bridgehead atoms. The van der Waals surface area contributed by atoms with E-state index < -0.39 is 25.1 Å². The lowest BCUT2D eigenvalue weighted by atomic mass is 10.1. The van der Waals surface area contributed by atoms with Gasteiger partial charge >= 0.3 is 0 Å². The van der Waals surface area contributed by atoms with Gasteiger partial charge in [-0.1, -0.05) is 11.6 Å². The van der Waals surface area contributed by atoms with Crippen molar-refractivity contribution in [2.45, 2.75) is 12.0 Å². The van der Waals surface area contributed by atoms with Crippen molar-refractivity contribution in [3.05, 3.63) is 45.5 Å². The van der Waals surface area contributed by atoms with Crippen molar-refractivity contribution in [1.29, 1.82) is 0 Å². The van der Waals surface area contributed by atoms with Crippen molar-refractivity contribution in [3.8, 4) is 0 Å². The number of furan rings is 1. The Labute approximate surface area is 117 Å². The summed E-state index contributed by atoms with van der Waals surface area (Å²) in [5.74, 6) is -2.65. The van der Waals surface area contributed by atoms with E-state index in [0.29, 0.717) is 10.1 Å². The van der Waals surface area contributed by atoms with Gasteiger partial charge in [-0.2, -0.15) is 0 Å². The average molecular weight is 308 g/mol. The molecule has 0 saturated carbocycles. The van der Waals surface area contributed by atoms with E-state index in [9.17, 15) is 8.78 Å². The molecule has 2 aromatic heterocycles. The summed E-state index contributed by atoms with van der Waals surface area (Å²) in [6.45, 7) is -1.85. The van der Waals surface area contributed by atoms with E-state index in [1.807, 2.05) is 0 Å². The van der Waals surface area contributed by atoms with E-state index in [1.54, 1.807) is 24.3 Å². The molecule has 0 saturated heterocycles. The predicted octanol–water partition coefficient (Wildman–Crippen LogP) is 3.30. The smallest absolute Gasteiger partial charge is 0.282 e. The van der Waals surface area contributed by atoms with Crippen LogP contribution >= 0.6 is 22.9 Å². The Balaban J connectivity index is 2.16. The Morgan fingerprint density at radius 2 is 2.21 bits per heavy atom. The fourth-order valence-corrected chi connectivity index (χ4v) is 2.73. The molecule has 19 heavy (non-hydrogen) atoms. The van der Waals surface area contributed by atoms with Crippen molar-refractivity contribution >= 4 is 22.9 Å². The summed E-state index contributed by atoms with van der Waals surface area (Å²) in [7, 11) is 0. The summed E-state index contributed by atoms with van der Waals surface area (Å²) in [5.41, 5.74) is 0. The number of rotatable bonds is 6. The maximum Gasteiger partial charge on any atom is 0.282 e. The van der Waals surface area contributed by atoms with E-state index in [2.05, 4.69) is 5.32 Å². The van der Waals surface area contributed by atoms with Gasteiger partial charge in [0, 0.05) is 4.88 Å². The molecule has 0 fully saturated rings. The van der Waals surface area contributed by atoms with Crippen LogP contribution in [0.1, 0.15) is 16.7 Å². The molecule has 0 aliphatic carbocycles. The highest BCUT2D eigenvalue weighted by Crippen LogP contribution is 2.31. The van der Waals surface area contributed by atoms with Gasteiger partial charge in [0.15, 0.2) is 0 Å². The molecule has 3 nitrogen and oxygen atoms in total. The summed E-state index contributed by atoms with van der Waals surface area (Å²) in [6, 6.07) is 6.32. The molecule has 0 aliphatic rings. The molecule has 2 heterocycles. The molecular formula is C12H12ClF2NO2S. The molecule has 0 spiro atoms. The number of halogens is 3. The normalized spacial score (nSPS) is 13.7. The predicted molar refractivity (Wildman–Crippen MR) is 69.9 cm³/mol. The maximum atomic E-state index is 13.1. The minimum Gasteiger partial charge on any atom is -0.467 e. The van der Waals surface area contributed by atoms with Crippen molar-refractivity contribution in [2.24, 2.45) is 0 Å². The fraction of sp³-hybridized carbons (Fsp3) is 0.333. The standard InChI is InChI=1S/C12H12ClF2NO2S/c13-10-4-3-9(19-10)11(8-2-1-5-18-8)16-6-12(14,15)7-17/h1-5,11,16-17H,6-7H2. The quantitative estimate of drug-likeness (QED) is 0.860. The van der Waals surface area contributed by atoms with Crippen LogP contribution in [0.15, 0.2) is 34.9 Å². The van der Waals surface area contributed by atoms with Crippen LogP contribution in [0.2, 0.25) is 4.34 Å². The van der Waals surface area contributed by atoms with Crippen LogP contribution in [0, 0.1) is 0 Å². The molecule has 0 aromatic carbocycles. The van der Waals surface area contributed by atoms with Gasteiger partial charge in [-0.15, -0.1) is 11.3 Å². The van der Waals surface area contributed by atoms with Crippen molar-refractivity contribution in [3.63, 3.8) is 0 Å².